The summed E-state index contributed by atoms with van der Waals surface area (Å²) in [5.41, 5.74) is 1.28. The summed E-state index contributed by atoms with van der Waals surface area (Å²) < 4.78 is 0. The van der Waals surface area contributed by atoms with Crippen LogP contribution < -0.4 is 10.6 Å². The number of carbonyl (C=O) groups excluding carboxylic acids is 2. The molecule has 0 spiro atoms. The first kappa shape index (κ1) is 20.3. The lowest BCUT2D eigenvalue weighted by Crippen LogP contribution is -2.47. The number of hydrogen-bond donors (Lipinski definition) is 2. The molecule has 2 amide bonds. The molecule has 5 nitrogen and oxygen atoms in total. The van der Waals surface area contributed by atoms with Gasteiger partial charge in [0.25, 0.3) is 5.91 Å². The number of benzene rings is 1. The van der Waals surface area contributed by atoms with E-state index in [4.69, 9.17) is 11.6 Å². The highest BCUT2D eigenvalue weighted by molar-refractivity contribution is 7.98. The van der Waals surface area contributed by atoms with Crippen LogP contribution in [0.5, 0.6) is 0 Å². The number of amides is 2. The van der Waals surface area contributed by atoms with Crippen molar-refractivity contribution in [3.63, 3.8) is 0 Å². The number of nitrogens with zero attached hydrogens (tertiary/aromatic N) is 1. The van der Waals surface area contributed by atoms with Crippen molar-refractivity contribution in [1.29, 1.82) is 0 Å². The second kappa shape index (κ2) is 10.8. The Hall–Kier alpha value is -2.05. The first-order valence-electron chi connectivity index (χ1n) is 8.33. The smallest absolute Gasteiger partial charge is 0.253 e. The molecule has 0 aliphatic carbocycles. The molecule has 0 unspecified atom stereocenters. The predicted octanol–water partition coefficient (Wildman–Crippen LogP) is 2.95. The Balaban J connectivity index is 1.93. The molecular weight excluding hydrogens is 370 g/mol. The summed E-state index contributed by atoms with van der Waals surface area (Å²) in [6.07, 6.45) is 4.88. The SMILES string of the molecule is CSCC[C@@H](NC(=O)c1ccccc1Cl)C(=O)NCCc1ccccn1. The molecule has 0 aliphatic heterocycles. The average Bonchev–Trinajstić information content (AvgIpc) is 2.66. The van der Waals surface area contributed by atoms with Gasteiger partial charge in [0.15, 0.2) is 0 Å². The quantitative estimate of drug-likeness (QED) is 0.689. The minimum absolute atomic E-state index is 0.199. The number of pyridine rings is 1. The van der Waals surface area contributed by atoms with Gasteiger partial charge in [0.2, 0.25) is 5.91 Å². The summed E-state index contributed by atoms with van der Waals surface area (Å²) in [6.45, 7) is 0.466. The van der Waals surface area contributed by atoms with E-state index in [-0.39, 0.29) is 11.8 Å². The van der Waals surface area contributed by atoms with Crippen LogP contribution in [0.1, 0.15) is 22.5 Å². The van der Waals surface area contributed by atoms with Gasteiger partial charge in [0.05, 0.1) is 10.6 Å². The molecule has 1 aromatic carbocycles. The molecule has 0 bridgehead atoms. The van der Waals surface area contributed by atoms with Gasteiger partial charge < -0.3 is 10.6 Å². The lowest BCUT2D eigenvalue weighted by atomic mass is 10.1. The molecular formula is C19H22ClN3O2S. The zero-order valence-corrected chi connectivity index (χ0v) is 16.1. The summed E-state index contributed by atoms with van der Waals surface area (Å²) in [4.78, 5) is 29.2. The van der Waals surface area contributed by atoms with E-state index >= 15 is 0 Å². The van der Waals surface area contributed by atoms with Crippen LogP contribution in [-0.2, 0) is 11.2 Å². The van der Waals surface area contributed by atoms with Crippen LogP contribution in [0.25, 0.3) is 0 Å². The van der Waals surface area contributed by atoms with Crippen LogP contribution in [0, 0.1) is 0 Å². The van der Waals surface area contributed by atoms with Gasteiger partial charge in [-0.2, -0.15) is 11.8 Å². The van der Waals surface area contributed by atoms with Crippen LogP contribution >= 0.6 is 23.4 Å². The largest absolute Gasteiger partial charge is 0.354 e. The van der Waals surface area contributed by atoms with Gasteiger partial charge in [0, 0.05) is 24.9 Å². The lowest BCUT2D eigenvalue weighted by Gasteiger charge is -2.18. The van der Waals surface area contributed by atoms with E-state index in [9.17, 15) is 9.59 Å². The van der Waals surface area contributed by atoms with Crippen LogP contribution in [-0.4, -0.2) is 41.4 Å². The van der Waals surface area contributed by atoms with E-state index in [0.717, 1.165) is 11.4 Å². The average molecular weight is 392 g/mol. The van der Waals surface area contributed by atoms with Crippen molar-refractivity contribution in [2.75, 3.05) is 18.6 Å². The Morgan fingerprint density at radius 3 is 2.65 bits per heavy atom. The van der Waals surface area contributed by atoms with Gasteiger partial charge in [-0.25, -0.2) is 0 Å². The Kier molecular flexibility index (Phi) is 8.44. The van der Waals surface area contributed by atoms with E-state index in [0.29, 0.717) is 30.0 Å². The van der Waals surface area contributed by atoms with Gasteiger partial charge >= 0.3 is 0 Å². The minimum atomic E-state index is -0.602. The fourth-order valence-corrected chi connectivity index (χ4v) is 3.06. The van der Waals surface area contributed by atoms with Crippen LogP contribution in [0.15, 0.2) is 48.7 Å². The zero-order chi connectivity index (χ0) is 18.8. The molecule has 1 aromatic heterocycles. The van der Waals surface area contributed by atoms with Gasteiger partial charge in [0.1, 0.15) is 6.04 Å². The summed E-state index contributed by atoms with van der Waals surface area (Å²) in [6, 6.07) is 11.9. The normalized spacial score (nSPS) is 11.6. The number of nitrogens with one attached hydrogen (secondary N) is 2. The maximum absolute atomic E-state index is 12.5. The monoisotopic (exact) mass is 391 g/mol. The molecule has 2 rings (SSSR count). The van der Waals surface area contributed by atoms with Crippen molar-refractivity contribution < 1.29 is 9.59 Å². The van der Waals surface area contributed by atoms with E-state index in [1.165, 1.54) is 0 Å². The summed E-state index contributed by atoms with van der Waals surface area (Å²) in [7, 11) is 0. The maximum Gasteiger partial charge on any atom is 0.253 e. The molecule has 26 heavy (non-hydrogen) atoms. The van der Waals surface area contributed by atoms with Crippen molar-refractivity contribution >= 4 is 35.2 Å². The van der Waals surface area contributed by atoms with Gasteiger partial charge in [-0.15, -0.1) is 0 Å². The maximum atomic E-state index is 12.5. The molecule has 0 radical (unpaired) electrons. The third-order valence-corrected chi connectivity index (χ3v) is 4.73. The molecule has 138 valence electrons. The van der Waals surface area contributed by atoms with Gasteiger partial charge in [-0.1, -0.05) is 29.8 Å². The Morgan fingerprint density at radius 1 is 1.19 bits per heavy atom. The number of aromatic nitrogens is 1. The second-order valence-electron chi connectivity index (χ2n) is 5.65. The van der Waals surface area contributed by atoms with Crippen molar-refractivity contribution in [2.24, 2.45) is 0 Å². The van der Waals surface area contributed by atoms with Crippen LogP contribution in [0.2, 0.25) is 5.02 Å². The van der Waals surface area contributed by atoms with Crippen molar-refractivity contribution in [2.45, 2.75) is 18.9 Å². The number of carbonyl (C=O) groups is 2. The zero-order valence-electron chi connectivity index (χ0n) is 14.6. The molecule has 0 fully saturated rings. The Bertz CT molecular complexity index is 728. The van der Waals surface area contributed by atoms with E-state index in [1.807, 2.05) is 24.5 Å². The van der Waals surface area contributed by atoms with Crippen molar-refractivity contribution in [1.82, 2.24) is 15.6 Å². The standard InChI is InChI=1S/C19H22ClN3O2S/c1-26-13-10-17(23-18(24)15-7-2-3-8-16(15)20)19(25)22-12-9-14-6-4-5-11-21-14/h2-8,11,17H,9-10,12-13H2,1H3,(H,22,25)(H,23,24)/t17-/m1/s1. The first-order valence-corrected chi connectivity index (χ1v) is 10.1. The Morgan fingerprint density at radius 2 is 1.96 bits per heavy atom. The fraction of sp³-hybridized carbons (Fsp3) is 0.316. The molecule has 2 N–H and O–H groups in total. The highest BCUT2D eigenvalue weighted by Crippen LogP contribution is 2.15. The molecule has 1 heterocycles. The molecule has 2 aromatic rings. The molecule has 0 aliphatic rings. The fourth-order valence-electron chi connectivity index (χ4n) is 2.37. The number of rotatable bonds is 9. The lowest BCUT2D eigenvalue weighted by molar-refractivity contribution is -0.122. The highest BCUT2D eigenvalue weighted by Gasteiger charge is 2.21. The summed E-state index contributed by atoms with van der Waals surface area (Å²) in [5.74, 6) is 0.221. The van der Waals surface area contributed by atoms with E-state index < -0.39 is 6.04 Å². The minimum Gasteiger partial charge on any atom is -0.354 e. The molecule has 7 heteroatoms. The van der Waals surface area contributed by atoms with Crippen molar-refractivity contribution in [3.05, 3.63) is 64.9 Å². The van der Waals surface area contributed by atoms with Crippen molar-refractivity contribution in [3.8, 4) is 0 Å². The van der Waals surface area contributed by atoms with Gasteiger partial charge in [-0.3, -0.25) is 14.6 Å². The Labute approximate surface area is 162 Å². The number of halogens is 1. The molecule has 1 atom stereocenters. The van der Waals surface area contributed by atoms with E-state index in [2.05, 4.69) is 15.6 Å². The second-order valence-corrected chi connectivity index (χ2v) is 7.04. The number of hydrogen-bond acceptors (Lipinski definition) is 4. The van der Waals surface area contributed by atoms with Crippen LogP contribution in [0.4, 0.5) is 0 Å². The first-order chi connectivity index (χ1) is 12.6. The third-order valence-electron chi connectivity index (χ3n) is 3.76. The van der Waals surface area contributed by atoms with E-state index in [1.54, 1.807) is 42.2 Å². The summed E-state index contributed by atoms with van der Waals surface area (Å²) >= 11 is 7.69. The topological polar surface area (TPSA) is 71.1 Å². The highest BCUT2D eigenvalue weighted by atomic mass is 35.5. The molecule has 0 saturated heterocycles. The summed E-state index contributed by atoms with van der Waals surface area (Å²) in [5, 5.41) is 6.03. The molecule has 0 saturated carbocycles. The predicted molar refractivity (Wildman–Crippen MR) is 107 cm³/mol. The number of thioether (sulfide) groups is 1. The van der Waals surface area contributed by atoms with Crippen LogP contribution in [0.3, 0.4) is 0 Å². The van der Waals surface area contributed by atoms with Gasteiger partial charge in [-0.05, 0) is 42.7 Å². The third kappa shape index (κ3) is 6.35.